The highest BCUT2D eigenvalue weighted by Crippen LogP contribution is 2.48. The van der Waals surface area contributed by atoms with Crippen LogP contribution in [0.1, 0.15) is 32.1 Å². The smallest absolute Gasteiger partial charge is 0.237 e. The van der Waals surface area contributed by atoms with E-state index in [-0.39, 0.29) is 6.61 Å². The highest BCUT2D eigenvalue weighted by atomic mass is 16.5. The van der Waals surface area contributed by atoms with E-state index in [0.717, 1.165) is 31.3 Å². The van der Waals surface area contributed by atoms with Crippen molar-refractivity contribution in [3.8, 4) is 0 Å². The van der Waals surface area contributed by atoms with E-state index in [0.29, 0.717) is 12.3 Å². The molecular formula is C13H16O4. The van der Waals surface area contributed by atoms with E-state index in [1.807, 2.05) is 0 Å². The molecule has 1 N–H and O–H groups in total. The van der Waals surface area contributed by atoms with E-state index in [9.17, 15) is 14.7 Å². The number of aliphatic hydroxyl groups excluding tert-OH is 1. The lowest BCUT2D eigenvalue weighted by molar-refractivity contribution is -0.167. The van der Waals surface area contributed by atoms with Crippen LogP contribution in [0.3, 0.4) is 0 Å². The Morgan fingerprint density at radius 2 is 2.18 bits per heavy atom. The van der Waals surface area contributed by atoms with Crippen LogP contribution < -0.4 is 0 Å². The Kier molecular flexibility index (Phi) is 2.45. The summed E-state index contributed by atoms with van der Waals surface area (Å²) in [6, 6.07) is 0. The third-order valence-electron chi connectivity index (χ3n) is 4.25. The molecule has 1 saturated heterocycles. The van der Waals surface area contributed by atoms with Gasteiger partial charge >= 0.3 is 0 Å². The zero-order valence-electron chi connectivity index (χ0n) is 9.65. The second-order valence-electron chi connectivity index (χ2n) is 5.17. The maximum absolute atomic E-state index is 12.1. The van der Waals surface area contributed by atoms with Gasteiger partial charge in [-0.25, -0.2) is 0 Å². The average Bonchev–Trinajstić information content (AvgIpc) is 2.73. The molecule has 0 radical (unpaired) electrons. The Hall–Kier alpha value is -1.00. The van der Waals surface area contributed by atoms with Gasteiger partial charge in [0.05, 0.1) is 6.61 Å². The molecule has 4 heteroatoms. The molecule has 3 unspecified atom stereocenters. The van der Waals surface area contributed by atoms with Crippen molar-refractivity contribution in [3.05, 3.63) is 11.6 Å². The molecule has 17 heavy (non-hydrogen) atoms. The van der Waals surface area contributed by atoms with Gasteiger partial charge in [-0.2, -0.15) is 0 Å². The summed E-state index contributed by atoms with van der Waals surface area (Å²) in [7, 11) is 0. The van der Waals surface area contributed by atoms with Crippen molar-refractivity contribution in [1.29, 1.82) is 0 Å². The molecule has 0 aromatic carbocycles. The molecule has 3 rings (SSSR count). The monoisotopic (exact) mass is 236 g/mol. The number of ether oxygens (including phenoxy) is 1. The van der Waals surface area contributed by atoms with Crippen molar-refractivity contribution in [2.45, 2.75) is 43.8 Å². The van der Waals surface area contributed by atoms with Crippen LogP contribution in [0.25, 0.3) is 0 Å². The van der Waals surface area contributed by atoms with Crippen LogP contribution in [0.15, 0.2) is 11.6 Å². The molecule has 0 aromatic rings. The minimum atomic E-state index is -1.27. The van der Waals surface area contributed by atoms with Crippen LogP contribution in [0.4, 0.5) is 0 Å². The molecule has 1 aliphatic heterocycles. The van der Waals surface area contributed by atoms with Gasteiger partial charge in [-0.1, -0.05) is 6.08 Å². The van der Waals surface area contributed by atoms with Crippen LogP contribution in [0.5, 0.6) is 0 Å². The fourth-order valence-electron chi connectivity index (χ4n) is 3.37. The van der Waals surface area contributed by atoms with E-state index < -0.39 is 23.3 Å². The molecule has 2 fully saturated rings. The largest absolute Gasteiger partial charge is 0.382 e. The Bertz CT molecular complexity index is 412. The molecule has 0 aromatic heterocycles. The van der Waals surface area contributed by atoms with Crippen LogP contribution >= 0.6 is 0 Å². The standard InChI is InChI=1S/C13H16O4/c14-10-7-17-13(12(16)11(10)15)6-5-8-3-1-2-4-9(8)13/h4,8,10,14H,1-3,5-7H2. The number of hydrogen-bond acceptors (Lipinski definition) is 4. The summed E-state index contributed by atoms with van der Waals surface area (Å²) in [5.41, 5.74) is -0.00417. The Labute approximate surface area is 99.6 Å². The molecule has 0 bridgehead atoms. The summed E-state index contributed by atoms with van der Waals surface area (Å²) in [4.78, 5) is 23.8. The molecule has 1 spiro atoms. The van der Waals surface area contributed by atoms with E-state index >= 15 is 0 Å². The van der Waals surface area contributed by atoms with Crippen LogP contribution in [0, 0.1) is 5.92 Å². The number of hydrogen-bond donors (Lipinski definition) is 1. The summed E-state index contributed by atoms with van der Waals surface area (Å²) < 4.78 is 5.60. The van der Waals surface area contributed by atoms with E-state index in [4.69, 9.17) is 4.74 Å². The lowest BCUT2D eigenvalue weighted by atomic mass is 9.80. The van der Waals surface area contributed by atoms with Gasteiger partial charge in [0.2, 0.25) is 11.6 Å². The second kappa shape index (κ2) is 3.75. The van der Waals surface area contributed by atoms with Gasteiger partial charge in [0.1, 0.15) is 6.10 Å². The quantitative estimate of drug-likeness (QED) is 0.498. The first-order chi connectivity index (χ1) is 8.15. The van der Waals surface area contributed by atoms with Crippen molar-refractivity contribution in [2.24, 2.45) is 5.92 Å². The zero-order valence-corrected chi connectivity index (χ0v) is 9.65. The van der Waals surface area contributed by atoms with E-state index in [2.05, 4.69) is 6.08 Å². The topological polar surface area (TPSA) is 63.6 Å². The first-order valence-electron chi connectivity index (χ1n) is 6.26. The third kappa shape index (κ3) is 1.44. The molecular weight excluding hydrogens is 220 g/mol. The minimum absolute atomic E-state index is 0.0470. The molecule has 92 valence electrons. The van der Waals surface area contributed by atoms with Crippen molar-refractivity contribution >= 4 is 11.6 Å². The van der Waals surface area contributed by atoms with Gasteiger partial charge in [0, 0.05) is 0 Å². The number of Topliss-reactive ketones (excluding diaryl/α,β-unsaturated/α-hetero) is 2. The van der Waals surface area contributed by atoms with Gasteiger partial charge in [-0.3, -0.25) is 9.59 Å². The highest BCUT2D eigenvalue weighted by molar-refractivity contribution is 6.43. The molecule has 1 heterocycles. The maximum Gasteiger partial charge on any atom is 0.237 e. The second-order valence-corrected chi connectivity index (χ2v) is 5.17. The van der Waals surface area contributed by atoms with Gasteiger partial charge in [0.25, 0.3) is 0 Å². The number of allylic oxidation sites excluding steroid dienone is 1. The first-order valence-corrected chi connectivity index (χ1v) is 6.26. The van der Waals surface area contributed by atoms with Gasteiger partial charge in [0.15, 0.2) is 5.60 Å². The molecule has 4 nitrogen and oxygen atoms in total. The lowest BCUT2D eigenvalue weighted by Gasteiger charge is -2.36. The van der Waals surface area contributed by atoms with Gasteiger partial charge in [-0.15, -0.1) is 0 Å². The minimum Gasteiger partial charge on any atom is -0.382 e. The van der Waals surface area contributed by atoms with Crippen molar-refractivity contribution in [3.63, 3.8) is 0 Å². The number of rotatable bonds is 0. The Morgan fingerprint density at radius 1 is 1.35 bits per heavy atom. The average molecular weight is 236 g/mol. The number of aliphatic hydroxyl groups is 1. The van der Waals surface area contributed by atoms with Crippen molar-refractivity contribution in [2.75, 3.05) is 6.61 Å². The normalized spacial score (nSPS) is 41.6. The number of carbonyl (C=O) groups is 2. The highest BCUT2D eigenvalue weighted by Gasteiger charge is 2.56. The fourth-order valence-corrected chi connectivity index (χ4v) is 3.37. The van der Waals surface area contributed by atoms with Crippen molar-refractivity contribution < 1.29 is 19.4 Å². The zero-order chi connectivity index (χ0) is 12.0. The van der Waals surface area contributed by atoms with Gasteiger partial charge < -0.3 is 9.84 Å². The lowest BCUT2D eigenvalue weighted by Crippen LogP contribution is -2.55. The summed E-state index contributed by atoms with van der Waals surface area (Å²) in [6.07, 6.45) is 5.51. The maximum atomic E-state index is 12.1. The third-order valence-corrected chi connectivity index (χ3v) is 4.25. The molecule has 3 atom stereocenters. The Morgan fingerprint density at radius 3 is 3.00 bits per heavy atom. The number of carbonyl (C=O) groups excluding carboxylic acids is 2. The van der Waals surface area contributed by atoms with Crippen LogP contribution in [0.2, 0.25) is 0 Å². The van der Waals surface area contributed by atoms with Gasteiger partial charge in [-0.05, 0) is 43.6 Å². The van der Waals surface area contributed by atoms with Crippen LogP contribution in [-0.2, 0) is 14.3 Å². The SMILES string of the molecule is O=C1C(=O)C2(CCC3CCCC=C32)OCC1O. The van der Waals surface area contributed by atoms with Crippen molar-refractivity contribution in [1.82, 2.24) is 0 Å². The van der Waals surface area contributed by atoms with E-state index in [1.165, 1.54) is 0 Å². The number of ketones is 2. The molecule has 2 aliphatic carbocycles. The molecule has 3 aliphatic rings. The number of fused-ring (bicyclic) bond motifs is 2. The summed E-state index contributed by atoms with van der Waals surface area (Å²) >= 11 is 0. The van der Waals surface area contributed by atoms with Crippen LogP contribution in [-0.4, -0.2) is 35.0 Å². The Balaban J connectivity index is 1.99. The summed E-state index contributed by atoms with van der Waals surface area (Å²) in [6.45, 7) is -0.0470. The fraction of sp³-hybridized carbons (Fsp3) is 0.692. The molecule has 1 saturated carbocycles. The summed E-state index contributed by atoms with van der Waals surface area (Å²) in [5, 5.41) is 9.37. The summed E-state index contributed by atoms with van der Waals surface area (Å²) in [5.74, 6) is -0.814. The first kappa shape index (κ1) is 11.1. The predicted molar refractivity (Wildman–Crippen MR) is 59.4 cm³/mol. The predicted octanol–water partition coefficient (Wildman–Crippen LogP) is 0.775. The molecule has 0 amide bonds. The van der Waals surface area contributed by atoms with E-state index in [1.54, 1.807) is 0 Å².